The van der Waals surface area contributed by atoms with Crippen LogP contribution >= 0.6 is 0 Å². The Bertz CT molecular complexity index is 617. The van der Waals surface area contributed by atoms with E-state index in [1.807, 2.05) is 20.0 Å². The third-order valence-electron chi connectivity index (χ3n) is 2.92. The van der Waals surface area contributed by atoms with E-state index < -0.39 is 0 Å². The molecule has 6 nitrogen and oxygen atoms in total. The Kier molecular flexibility index (Phi) is 4.94. The molecule has 0 atom stereocenters. The summed E-state index contributed by atoms with van der Waals surface area (Å²) in [7, 11) is 3.37. The number of hydrogen-bond acceptors (Lipinski definition) is 6. The van der Waals surface area contributed by atoms with Crippen LogP contribution in [0.25, 0.3) is 0 Å². The van der Waals surface area contributed by atoms with Crippen LogP contribution in [0.1, 0.15) is 17.1 Å². The third-order valence-corrected chi connectivity index (χ3v) is 2.92. The first-order valence-electron chi connectivity index (χ1n) is 6.59. The summed E-state index contributed by atoms with van der Waals surface area (Å²) in [6, 6.07) is 7.15. The topological polar surface area (TPSA) is 76.5 Å². The summed E-state index contributed by atoms with van der Waals surface area (Å²) in [4.78, 5) is 8.66. The highest BCUT2D eigenvalue weighted by Gasteiger charge is 2.08. The maximum Gasteiger partial charge on any atom is 0.168 e. The molecule has 0 aliphatic carbocycles. The van der Waals surface area contributed by atoms with E-state index in [9.17, 15) is 0 Å². The predicted octanol–water partition coefficient (Wildman–Crippen LogP) is 1.91. The Morgan fingerprint density at radius 2 is 2.00 bits per heavy atom. The maximum absolute atomic E-state index is 9.12. The van der Waals surface area contributed by atoms with Gasteiger partial charge in [-0.25, -0.2) is 9.97 Å². The zero-order valence-corrected chi connectivity index (χ0v) is 12.4. The number of nitrogens with zero attached hydrogens (tertiary/aromatic N) is 2. The molecule has 0 bridgehead atoms. The smallest absolute Gasteiger partial charge is 0.168 e. The van der Waals surface area contributed by atoms with Gasteiger partial charge in [-0.15, -0.1) is 0 Å². The summed E-state index contributed by atoms with van der Waals surface area (Å²) in [6.45, 7) is 2.11. The number of anilines is 1. The van der Waals surface area contributed by atoms with Crippen molar-refractivity contribution >= 4 is 5.82 Å². The molecule has 0 fully saturated rings. The standard InChI is InChI=1S/C15H19N3O3/c1-10-6-14(16-2)18-15(17-10)9-21-12-5-4-11(8-19)7-13(12)20-3/h4-7,19H,8-9H2,1-3H3,(H,16,17,18). The molecule has 1 heterocycles. The maximum atomic E-state index is 9.12. The van der Waals surface area contributed by atoms with Crippen LogP contribution in [0.5, 0.6) is 11.5 Å². The lowest BCUT2D eigenvalue weighted by Gasteiger charge is -2.12. The van der Waals surface area contributed by atoms with E-state index in [2.05, 4.69) is 15.3 Å². The Morgan fingerprint density at radius 3 is 2.67 bits per heavy atom. The molecule has 0 radical (unpaired) electrons. The zero-order chi connectivity index (χ0) is 15.2. The van der Waals surface area contributed by atoms with Crippen LogP contribution < -0.4 is 14.8 Å². The molecule has 0 aliphatic rings. The first kappa shape index (κ1) is 15.1. The van der Waals surface area contributed by atoms with Gasteiger partial charge in [0, 0.05) is 18.8 Å². The van der Waals surface area contributed by atoms with Gasteiger partial charge in [0.25, 0.3) is 0 Å². The molecule has 6 heteroatoms. The average Bonchev–Trinajstić information content (AvgIpc) is 2.52. The number of hydrogen-bond donors (Lipinski definition) is 2. The minimum absolute atomic E-state index is 0.0385. The van der Waals surface area contributed by atoms with Gasteiger partial charge in [0.1, 0.15) is 12.4 Å². The van der Waals surface area contributed by atoms with Gasteiger partial charge in [-0.2, -0.15) is 0 Å². The summed E-state index contributed by atoms with van der Waals surface area (Å²) in [5.74, 6) is 2.50. The van der Waals surface area contributed by atoms with Crippen molar-refractivity contribution in [3.8, 4) is 11.5 Å². The second-order valence-corrected chi connectivity index (χ2v) is 4.49. The van der Waals surface area contributed by atoms with E-state index in [0.29, 0.717) is 17.3 Å². The van der Waals surface area contributed by atoms with Crippen molar-refractivity contribution in [2.75, 3.05) is 19.5 Å². The third kappa shape index (κ3) is 3.82. The Labute approximate surface area is 123 Å². The van der Waals surface area contributed by atoms with Crippen molar-refractivity contribution in [3.05, 3.63) is 41.3 Å². The summed E-state index contributed by atoms with van der Waals surface area (Å²) < 4.78 is 11.0. The van der Waals surface area contributed by atoms with Crippen molar-refractivity contribution < 1.29 is 14.6 Å². The Hall–Kier alpha value is -2.34. The second kappa shape index (κ2) is 6.90. The number of benzene rings is 1. The van der Waals surface area contributed by atoms with Gasteiger partial charge in [-0.05, 0) is 24.6 Å². The average molecular weight is 289 g/mol. The fraction of sp³-hybridized carbons (Fsp3) is 0.333. The number of aryl methyl sites for hydroxylation is 1. The fourth-order valence-electron chi connectivity index (χ4n) is 1.89. The van der Waals surface area contributed by atoms with Gasteiger partial charge in [-0.1, -0.05) is 6.07 Å². The van der Waals surface area contributed by atoms with Crippen LogP contribution in [-0.2, 0) is 13.2 Å². The highest BCUT2D eigenvalue weighted by Crippen LogP contribution is 2.28. The van der Waals surface area contributed by atoms with Crippen molar-refractivity contribution in [2.45, 2.75) is 20.1 Å². The molecule has 0 saturated carbocycles. The minimum atomic E-state index is -0.0385. The summed E-state index contributed by atoms with van der Waals surface area (Å²) in [6.07, 6.45) is 0. The van der Waals surface area contributed by atoms with E-state index in [1.165, 1.54) is 0 Å². The zero-order valence-electron chi connectivity index (χ0n) is 12.4. The van der Waals surface area contributed by atoms with Gasteiger partial charge in [0.05, 0.1) is 13.7 Å². The van der Waals surface area contributed by atoms with Crippen LogP contribution in [0.4, 0.5) is 5.82 Å². The first-order valence-corrected chi connectivity index (χ1v) is 6.59. The van der Waals surface area contributed by atoms with Gasteiger partial charge in [0.2, 0.25) is 0 Å². The summed E-state index contributed by atoms with van der Waals surface area (Å²) in [5, 5.41) is 12.1. The number of nitrogens with one attached hydrogen (secondary N) is 1. The minimum Gasteiger partial charge on any atom is -0.493 e. The summed E-state index contributed by atoms with van der Waals surface area (Å²) in [5.41, 5.74) is 1.64. The van der Waals surface area contributed by atoms with E-state index in [1.54, 1.807) is 25.3 Å². The highest BCUT2D eigenvalue weighted by atomic mass is 16.5. The molecule has 21 heavy (non-hydrogen) atoms. The molecule has 2 N–H and O–H groups in total. The monoisotopic (exact) mass is 289 g/mol. The summed E-state index contributed by atoms with van der Waals surface area (Å²) >= 11 is 0. The molecule has 2 rings (SSSR count). The molecule has 0 spiro atoms. The Morgan fingerprint density at radius 1 is 1.19 bits per heavy atom. The molecule has 1 aromatic heterocycles. The molecule has 0 aliphatic heterocycles. The number of ether oxygens (including phenoxy) is 2. The van der Waals surface area contributed by atoms with Crippen LogP contribution in [0.2, 0.25) is 0 Å². The van der Waals surface area contributed by atoms with Crippen molar-refractivity contribution in [3.63, 3.8) is 0 Å². The van der Waals surface area contributed by atoms with Crippen molar-refractivity contribution in [2.24, 2.45) is 0 Å². The molecule has 1 aromatic carbocycles. The number of aliphatic hydroxyl groups excluding tert-OH is 1. The second-order valence-electron chi connectivity index (χ2n) is 4.49. The number of aliphatic hydroxyl groups is 1. The molecule has 0 amide bonds. The number of rotatable bonds is 6. The van der Waals surface area contributed by atoms with Crippen LogP contribution in [0, 0.1) is 6.92 Å². The van der Waals surface area contributed by atoms with Crippen LogP contribution in [-0.4, -0.2) is 29.2 Å². The first-order chi connectivity index (χ1) is 10.2. The van der Waals surface area contributed by atoms with Crippen molar-refractivity contribution in [1.82, 2.24) is 9.97 Å². The number of methoxy groups -OCH3 is 1. The molecule has 0 saturated heterocycles. The van der Waals surface area contributed by atoms with Gasteiger partial charge in [-0.3, -0.25) is 0 Å². The van der Waals surface area contributed by atoms with E-state index in [4.69, 9.17) is 14.6 Å². The van der Waals surface area contributed by atoms with Crippen molar-refractivity contribution in [1.29, 1.82) is 0 Å². The number of aromatic nitrogens is 2. The van der Waals surface area contributed by atoms with Gasteiger partial charge < -0.3 is 19.9 Å². The van der Waals surface area contributed by atoms with E-state index in [0.717, 1.165) is 17.1 Å². The van der Waals surface area contributed by atoms with E-state index >= 15 is 0 Å². The van der Waals surface area contributed by atoms with Gasteiger partial charge in [0.15, 0.2) is 17.3 Å². The quantitative estimate of drug-likeness (QED) is 0.846. The molecular formula is C15H19N3O3. The Balaban J connectivity index is 2.14. The lowest BCUT2D eigenvalue weighted by Crippen LogP contribution is -2.06. The SMILES string of the molecule is CNc1cc(C)nc(COc2ccc(CO)cc2OC)n1. The van der Waals surface area contributed by atoms with Crippen LogP contribution in [0.3, 0.4) is 0 Å². The normalized spacial score (nSPS) is 10.3. The molecular weight excluding hydrogens is 270 g/mol. The highest BCUT2D eigenvalue weighted by molar-refractivity contribution is 5.43. The molecule has 112 valence electrons. The largest absolute Gasteiger partial charge is 0.493 e. The lowest BCUT2D eigenvalue weighted by molar-refractivity contribution is 0.270. The van der Waals surface area contributed by atoms with E-state index in [-0.39, 0.29) is 13.2 Å². The van der Waals surface area contributed by atoms with Crippen LogP contribution in [0.15, 0.2) is 24.3 Å². The predicted molar refractivity (Wildman–Crippen MR) is 79.6 cm³/mol. The lowest BCUT2D eigenvalue weighted by atomic mass is 10.2. The molecule has 0 unspecified atom stereocenters. The fourth-order valence-corrected chi connectivity index (χ4v) is 1.89. The van der Waals surface area contributed by atoms with Gasteiger partial charge >= 0.3 is 0 Å². The molecule has 2 aromatic rings.